The van der Waals surface area contributed by atoms with E-state index in [0.29, 0.717) is 23.4 Å². The van der Waals surface area contributed by atoms with Crippen molar-refractivity contribution in [1.82, 2.24) is 20.2 Å². The molecule has 0 aliphatic heterocycles. The first-order valence-corrected chi connectivity index (χ1v) is 8.78. The standard InChI is InChI=1S/C16H21N5OS/c1-11(12-5-3-2-4-6-12)9-18-14(22)10-23-16-20-19-15(21(16)17)13-7-8-13/h2-6,11,13H,7-10,17H2,1H3,(H,18,22)/t11-/m0/s1. The van der Waals surface area contributed by atoms with E-state index in [2.05, 4.69) is 34.6 Å². The zero-order valence-electron chi connectivity index (χ0n) is 13.1. The fourth-order valence-corrected chi connectivity index (χ4v) is 3.05. The van der Waals surface area contributed by atoms with Gasteiger partial charge in [0, 0.05) is 12.5 Å². The maximum atomic E-state index is 12.0. The summed E-state index contributed by atoms with van der Waals surface area (Å²) in [6, 6.07) is 10.2. The summed E-state index contributed by atoms with van der Waals surface area (Å²) in [5, 5.41) is 11.7. The Morgan fingerprint density at radius 2 is 2.13 bits per heavy atom. The van der Waals surface area contributed by atoms with Gasteiger partial charge in [-0.3, -0.25) is 4.79 Å². The number of nitrogens with zero attached hydrogens (tertiary/aromatic N) is 3. The number of carbonyl (C=O) groups is 1. The number of nitrogens with one attached hydrogen (secondary N) is 1. The van der Waals surface area contributed by atoms with Gasteiger partial charge >= 0.3 is 0 Å². The van der Waals surface area contributed by atoms with Crippen molar-refractivity contribution in [3.8, 4) is 0 Å². The fourth-order valence-electron chi connectivity index (χ4n) is 2.35. The number of aromatic nitrogens is 3. The van der Waals surface area contributed by atoms with Crippen LogP contribution in [0.2, 0.25) is 0 Å². The van der Waals surface area contributed by atoms with Crippen molar-refractivity contribution in [2.45, 2.75) is 36.8 Å². The minimum atomic E-state index is -0.0197. The molecule has 1 aromatic heterocycles. The van der Waals surface area contributed by atoms with Gasteiger partial charge in [-0.25, -0.2) is 4.68 Å². The molecule has 1 aromatic carbocycles. The predicted molar refractivity (Wildman–Crippen MR) is 90.7 cm³/mol. The molecule has 7 heteroatoms. The van der Waals surface area contributed by atoms with E-state index in [1.807, 2.05) is 18.2 Å². The molecule has 0 saturated heterocycles. The monoisotopic (exact) mass is 331 g/mol. The highest BCUT2D eigenvalue weighted by molar-refractivity contribution is 7.99. The summed E-state index contributed by atoms with van der Waals surface area (Å²) in [7, 11) is 0. The molecule has 23 heavy (non-hydrogen) atoms. The molecule has 6 nitrogen and oxygen atoms in total. The molecule has 1 atom stereocenters. The van der Waals surface area contributed by atoms with Gasteiger partial charge in [-0.2, -0.15) is 0 Å². The quantitative estimate of drug-likeness (QED) is 0.598. The molecule has 0 spiro atoms. The number of hydrogen-bond donors (Lipinski definition) is 2. The van der Waals surface area contributed by atoms with E-state index in [-0.39, 0.29) is 11.8 Å². The van der Waals surface area contributed by atoms with Gasteiger partial charge in [-0.1, -0.05) is 49.0 Å². The van der Waals surface area contributed by atoms with Crippen molar-refractivity contribution in [2.24, 2.45) is 0 Å². The molecule has 3 rings (SSSR count). The summed E-state index contributed by atoms with van der Waals surface area (Å²) >= 11 is 1.32. The summed E-state index contributed by atoms with van der Waals surface area (Å²) in [4.78, 5) is 12.0. The number of amides is 1. The van der Waals surface area contributed by atoms with Crippen molar-refractivity contribution in [3.05, 3.63) is 41.7 Å². The highest BCUT2D eigenvalue weighted by atomic mass is 32.2. The average molecular weight is 331 g/mol. The van der Waals surface area contributed by atoms with Crippen molar-refractivity contribution in [3.63, 3.8) is 0 Å². The number of nitrogen functional groups attached to an aromatic ring is 1. The number of carbonyl (C=O) groups excluding carboxylic acids is 1. The van der Waals surface area contributed by atoms with Crippen LogP contribution in [-0.4, -0.2) is 33.1 Å². The molecule has 1 aliphatic rings. The van der Waals surface area contributed by atoms with Crippen LogP contribution < -0.4 is 11.2 Å². The van der Waals surface area contributed by atoms with Gasteiger partial charge in [0.1, 0.15) is 0 Å². The van der Waals surface area contributed by atoms with Gasteiger partial charge in [-0.15, -0.1) is 10.2 Å². The second-order valence-corrected chi connectivity index (χ2v) is 6.83. The minimum Gasteiger partial charge on any atom is -0.355 e. The topological polar surface area (TPSA) is 85.8 Å². The van der Waals surface area contributed by atoms with Crippen LogP contribution in [0.4, 0.5) is 0 Å². The number of nitrogens with two attached hydrogens (primary N) is 1. The van der Waals surface area contributed by atoms with E-state index >= 15 is 0 Å². The lowest BCUT2D eigenvalue weighted by Crippen LogP contribution is -2.29. The van der Waals surface area contributed by atoms with Crippen LogP contribution in [-0.2, 0) is 4.79 Å². The molecule has 1 amide bonds. The maximum absolute atomic E-state index is 12.0. The zero-order chi connectivity index (χ0) is 16.2. The van der Waals surface area contributed by atoms with E-state index in [1.165, 1.54) is 22.0 Å². The Morgan fingerprint density at radius 1 is 1.39 bits per heavy atom. The molecule has 122 valence electrons. The summed E-state index contributed by atoms with van der Waals surface area (Å²) in [5.41, 5.74) is 1.22. The van der Waals surface area contributed by atoms with Crippen LogP contribution in [0.5, 0.6) is 0 Å². The largest absolute Gasteiger partial charge is 0.355 e. The molecule has 0 radical (unpaired) electrons. The Hall–Kier alpha value is -2.02. The van der Waals surface area contributed by atoms with Crippen LogP contribution in [0.1, 0.15) is 43.0 Å². The molecule has 3 N–H and O–H groups in total. The van der Waals surface area contributed by atoms with E-state index in [0.717, 1.165) is 18.7 Å². The lowest BCUT2D eigenvalue weighted by Gasteiger charge is -2.12. The van der Waals surface area contributed by atoms with Crippen LogP contribution >= 0.6 is 11.8 Å². The Balaban J connectivity index is 1.44. The summed E-state index contributed by atoms with van der Waals surface area (Å²) < 4.78 is 1.52. The van der Waals surface area contributed by atoms with Gasteiger partial charge in [0.05, 0.1) is 5.75 Å². The number of benzene rings is 1. The molecule has 1 saturated carbocycles. The molecular weight excluding hydrogens is 310 g/mol. The highest BCUT2D eigenvalue weighted by Gasteiger charge is 2.30. The van der Waals surface area contributed by atoms with Gasteiger partial charge in [-0.05, 0) is 24.3 Å². The lowest BCUT2D eigenvalue weighted by molar-refractivity contribution is -0.118. The fraction of sp³-hybridized carbons (Fsp3) is 0.438. The Bertz CT molecular complexity index is 668. The number of hydrogen-bond acceptors (Lipinski definition) is 5. The number of thioether (sulfide) groups is 1. The Morgan fingerprint density at radius 3 is 2.83 bits per heavy atom. The average Bonchev–Trinajstić information content (AvgIpc) is 3.35. The molecule has 0 bridgehead atoms. The normalized spacial score (nSPS) is 15.3. The Labute approximate surface area is 139 Å². The first-order valence-electron chi connectivity index (χ1n) is 7.80. The molecule has 0 unspecified atom stereocenters. The van der Waals surface area contributed by atoms with Gasteiger partial charge < -0.3 is 11.2 Å². The molecule has 2 aromatic rings. The predicted octanol–water partition coefficient (Wildman–Crippen LogP) is 1.88. The van der Waals surface area contributed by atoms with Crippen molar-refractivity contribution in [2.75, 3.05) is 18.1 Å². The molecule has 1 heterocycles. The van der Waals surface area contributed by atoms with E-state index in [1.54, 1.807) is 0 Å². The molecule has 1 aliphatic carbocycles. The van der Waals surface area contributed by atoms with E-state index < -0.39 is 0 Å². The second-order valence-electron chi connectivity index (χ2n) is 5.89. The zero-order valence-corrected chi connectivity index (χ0v) is 13.9. The van der Waals surface area contributed by atoms with Crippen molar-refractivity contribution in [1.29, 1.82) is 0 Å². The third kappa shape index (κ3) is 4.04. The van der Waals surface area contributed by atoms with Crippen molar-refractivity contribution >= 4 is 17.7 Å². The molecular formula is C16H21N5OS. The van der Waals surface area contributed by atoms with Gasteiger partial charge in [0.2, 0.25) is 11.1 Å². The first-order chi connectivity index (χ1) is 11.1. The summed E-state index contributed by atoms with van der Waals surface area (Å²) in [6.45, 7) is 2.72. The van der Waals surface area contributed by atoms with Gasteiger partial charge in [0.25, 0.3) is 0 Å². The van der Waals surface area contributed by atoms with Gasteiger partial charge in [0.15, 0.2) is 5.82 Å². The van der Waals surface area contributed by atoms with E-state index in [9.17, 15) is 4.79 Å². The van der Waals surface area contributed by atoms with Crippen LogP contribution in [0.15, 0.2) is 35.5 Å². The smallest absolute Gasteiger partial charge is 0.230 e. The minimum absolute atomic E-state index is 0.0197. The Kier molecular flexibility index (Phi) is 4.85. The highest BCUT2D eigenvalue weighted by Crippen LogP contribution is 2.39. The van der Waals surface area contributed by atoms with Crippen LogP contribution in [0.25, 0.3) is 0 Å². The van der Waals surface area contributed by atoms with Crippen LogP contribution in [0, 0.1) is 0 Å². The molecule has 1 fully saturated rings. The van der Waals surface area contributed by atoms with Crippen molar-refractivity contribution < 1.29 is 4.79 Å². The second kappa shape index (κ2) is 7.04. The number of rotatable bonds is 7. The lowest BCUT2D eigenvalue weighted by atomic mass is 10.0. The third-order valence-corrected chi connectivity index (χ3v) is 4.88. The SMILES string of the molecule is C[C@@H](CNC(=O)CSc1nnc(C2CC2)n1N)c1ccccc1. The van der Waals surface area contributed by atoms with Crippen LogP contribution in [0.3, 0.4) is 0 Å². The summed E-state index contributed by atoms with van der Waals surface area (Å²) in [5.74, 6) is 7.79. The van der Waals surface area contributed by atoms with E-state index in [4.69, 9.17) is 5.84 Å². The maximum Gasteiger partial charge on any atom is 0.230 e. The first kappa shape index (κ1) is 15.9. The summed E-state index contributed by atoms with van der Waals surface area (Å²) in [6.07, 6.45) is 2.25. The third-order valence-electron chi connectivity index (χ3n) is 3.94.